The lowest BCUT2D eigenvalue weighted by Crippen LogP contribution is -2.28. The van der Waals surface area contributed by atoms with Crippen molar-refractivity contribution in [3.8, 4) is 0 Å². The van der Waals surface area contributed by atoms with Crippen LogP contribution in [0.1, 0.15) is 19.8 Å². The molecule has 2 N–H and O–H groups in total. The molecule has 1 fully saturated rings. The fourth-order valence-electron chi connectivity index (χ4n) is 0.769. The number of thioether (sulfide) groups is 1. The van der Waals surface area contributed by atoms with E-state index in [-0.39, 0.29) is 11.7 Å². The van der Waals surface area contributed by atoms with E-state index in [1.807, 2.05) is 0 Å². The summed E-state index contributed by atoms with van der Waals surface area (Å²) in [5.74, 6) is -0.686. The number of carboxylic acids is 1. The van der Waals surface area contributed by atoms with E-state index < -0.39 is 11.2 Å². The first kappa shape index (κ1) is 10.4. The minimum absolute atomic E-state index is 0.0550. The Hall–Kier alpha value is -0.710. The summed E-state index contributed by atoms with van der Waals surface area (Å²) in [7, 11) is 0. The van der Waals surface area contributed by atoms with Gasteiger partial charge in [0, 0.05) is 6.04 Å². The van der Waals surface area contributed by atoms with Gasteiger partial charge < -0.3 is 10.4 Å². The summed E-state index contributed by atoms with van der Waals surface area (Å²) in [6.07, 6.45) is 2.12. The molecule has 0 aromatic rings. The fourth-order valence-corrected chi connectivity index (χ4v) is 1.40. The minimum Gasteiger partial charge on any atom is -0.480 e. The summed E-state index contributed by atoms with van der Waals surface area (Å²) in [6.45, 7) is 1.58. The number of hydrogen-bond donors (Lipinski definition) is 2. The first-order chi connectivity index (χ1) is 6.09. The van der Waals surface area contributed by atoms with Gasteiger partial charge in [-0.2, -0.15) is 0 Å². The molecule has 0 spiro atoms. The van der Waals surface area contributed by atoms with Crippen molar-refractivity contribution in [3.05, 3.63) is 0 Å². The van der Waals surface area contributed by atoms with Gasteiger partial charge in [0.2, 0.25) is 5.91 Å². The van der Waals surface area contributed by atoms with Crippen LogP contribution in [0.4, 0.5) is 0 Å². The Kier molecular flexibility index (Phi) is 3.59. The standard InChI is InChI=1S/C8H13NO3S/c1-5(8(11)12)13-4-7(10)9-6-2-3-6/h5-6H,2-4H2,1H3,(H,9,10)(H,11,12). The SMILES string of the molecule is CC(SCC(=O)NC1CC1)C(=O)O. The number of carbonyl (C=O) groups is 2. The number of hydrogen-bond acceptors (Lipinski definition) is 3. The Morgan fingerprint density at radius 2 is 2.23 bits per heavy atom. The first-order valence-corrected chi connectivity index (χ1v) is 5.28. The van der Waals surface area contributed by atoms with Crippen molar-refractivity contribution < 1.29 is 14.7 Å². The van der Waals surface area contributed by atoms with Gasteiger partial charge in [-0.25, -0.2) is 0 Å². The number of rotatable bonds is 5. The van der Waals surface area contributed by atoms with E-state index in [9.17, 15) is 9.59 Å². The Morgan fingerprint density at radius 1 is 1.62 bits per heavy atom. The topological polar surface area (TPSA) is 66.4 Å². The number of amides is 1. The monoisotopic (exact) mass is 203 g/mol. The van der Waals surface area contributed by atoms with Gasteiger partial charge in [0.15, 0.2) is 0 Å². The normalized spacial score (nSPS) is 17.9. The van der Waals surface area contributed by atoms with Crippen molar-refractivity contribution in [3.63, 3.8) is 0 Å². The molecule has 0 bridgehead atoms. The van der Waals surface area contributed by atoms with Crippen LogP contribution >= 0.6 is 11.8 Å². The van der Waals surface area contributed by atoms with Crippen molar-refractivity contribution in [1.82, 2.24) is 5.32 Å². The molecule has 1 amide bonds. The predicted octanol–water partition coefficient (Wildman–Crippen LogP) is 0.471. The summed E-state index contributed by atoms with van der Waals surface area (Å²) in [4.78, 5) is 21.5. The summed E-state index contributed by atoms with van der Waals surface area (Å²) in [5, 5.41) is 10.8. The molecule has 74 valence electrons. The quantitative estimate of drug-likeness (QED) is 0.681. The van der Waals surface area contributed by atoms with Crippen molar-refractivity contribution in [2.75, 3.05) is 5.75 Å². The molecule has 0 aliphatic heterocycles. The molecule has 1 atom stereocenters. The molecule has 0 saturated heterocycles. The second-order valence-corrected chi connectivity index (χ2v) is 4.46. The molecule has 4 nitrogen and oxygen atoms in total. The van der Waals surface area contributed by atoms with E-state index in [0.29, 0.717) is 6.04 Å². The highest BCUT2D eigenvalue weighted by Crippen LogP contribution is 2.19. The van der Waals surface area contributed by atoms with Gasteiger partial charge in [-0.05, 0) is 19.8 Å². The molecule has 1 unspecified atom stereocenters. The average molecular weight is 203 g/mol. The maximum atomic E-state index is 11.1. The molecule has 0 aromatic heterocycles. The molecule has 0 radical (unpaired) electrons. The zero-order chi connectivity index (χ0) is 9.84. The van der Waals surface area contributed by atoms with Crippen LogP contribution in [0, 0.1) is 0 Å². The minimum atomic E-state index is -0.871. The Morgan fingerprint density at radius 3 is 2.69 bits per heavy atom. The molecule has 0 aromatic carbocycles. The molecule has 1 saturated carbocycles. The van der Waals surface area contributed by atoms with Crippen LogP contribution in [0.3, 0.4) is 0 Å². The van der Waals surface area contributed by atoms with Gasteiger partial charge in [0.25, 0.3) is 0 Å². The van der Waals surface area contributed by atoms with Crippen molar-refractivity contribution in [2.24, 2.45) is 0 Å². The number of nitrogens with one attached hydrogen (secondary N) is 1. The first-order valence-electron chi connectivity index (χ1n) is 4.23. The molecular formula is C8H13NO3S. The highest BCUT2D eigenvalue weighted by Gasteiger charge is 2.23. The lowest BCUT2D eigenvalue weighted by atomic mass is 10.5. The fraction of sp³-hybridized carbons (Fsp3) is 0.750. The van der Waals surface area contributed by atoms with Crippen LogP contribution in [0.2, 0.25) is 0 Å². The molecule has 1 aliphatic carbocycles. The van der Waals surface area contributed by atoms with Crippen LogP contribution < -0.4 is 5.32 Å². The summed E-state index contributed by atoms with van der Waals surface area (Å²) >= 11 is 1.15. The average Bonchev–Trinajstić information content (AvgIpc) is 2.83. The van der Waals surface area contributed by atoms with Gasteiger partial charge in [-0.1, -0.05) is 0 Å². The highest BCUT2D eigenvalue weighted by atomic mass is 32.2. The zero-order valence-corrected chi connectivity index (χ0v) is 8.26. The van der Waals surface area contributed by atoms with E-state index in [2.05, 4.69) is 5.32 Å². The number of aliphatic carboxylic acids is 1. The van der Waals surface area contributed by atoms with E-state index in [0.717, 1.165) is 24.6 Å². The number of carbonyl (C=O) groups excluding carboxylic acids is 1. The van der Waals surface area contributed by atoms with Crippen LogP contribution in [0.15, 0.2) is 0 Å². The summed E-state index contributed by atoms with van der Waals surface area (Å²) in [6, 6.07) is 0.355. The van der Waals surface area contributed by atoms with Crippen LogP contribution in [-0.2, 0) is 9.59 Å². The predicted molar refractivity (Wildman–Crippen MR) is 50.7 cm³/mol. The smallest absolute Gasteiger partial charge is 0.316 e. The maximum Gasteiger partial charge on any atom is 0.316 e. The van der Waals surface area contributed by atoms with E-state index in [1.54, 1.807) is 6.92 Å². The molecule has 0 heterocycles. The highest BCUT2D eigenvalue weighted by molar-refractivity contribution is 8.01. The van der Waals surface area contributed by atoms with Gasteiger partial charge in [-0.15, -0.1) is 11.8 Å². The van der Waals surface area contributed by atoms with Crippen LogP contribution in [0.25, 0.3) is 0 Å². The molecular weight excluding hydrogens is 190 g/mol. The van der Waals surface area contributed by atoms with Crippen LogP contribution in [-0.4, -0.2) is 34.0 Å². The Bertz CT molecular complexity index is 215. The van der Waals surface area contributed by atoms with E-state index >= 15 is 0 Å². The van der Waals surface area contributed by atoms with Crippen molar-refractivity contribution in [2.45, 2.75) is 31.1 Å². The third-order valence-corrected chi connectivity index (χ3v) is 2.89. The lowest BCUT2D eigenvalue weighted by molar-refractivity contribution is -0.136. The van der Waals surface area contributed by atoms with Crippen molar-refractivity contribution >= 4 is 23.6 Å². The maximum absolute atomic E-state index is 11.1. The summed E-state index contributed by atoms with van der Waals surface area (Å²) < 4.78 is 0. The van der Waals surface area contributed by atoms with Crippen LogP contribution in [0.5, 0.6) is 0 Å². The lowest BCUT2D eigenvalue weighted by Gasteiger charge is -2.05. The Balaban J connectivity index is 2.09. The zero-order valence-electron chi connectivity index (χ0n) is 7.45. The van der Waals surface area contributed by atoms with E-state index in [1.165, 1.54) is 0 Å². The molecule has 5 heteroatoms. The van der Waals surface area contributed by atoms with Gasteiger partial charge in [0.1, 0.15) is 0 Å². The van der Waals surface area contributed by atoms with Gasteiger partial charge >= 0.3 is 5.97 Å². The molecule has 1 rings (SSSR count). The van der Waals surface area contributed by atoms with E-state index in [4.69, 9.17) is 5.11 Å². The van der Waals surface area contributed by atoms with Gasteiger partial charge in [-0.3, -0.25) is 9.59 Å². The second kappa shape index (κ2) is 4.50. The van der Waals surface area contributed by atoms with Crippen molar-refractivity contribution in [1.29, 1.82) is 0 Å². The third kappa shape index (κ3) is 4.17. The molecule has 13 heavy (non-hydrogen) atoms. The third-order valence-electron chi connectivity index (χ3n) is 1.75. The van der Waals surface area contributed by atoms with Gasteiger partial charge in [0.05, 0.1) is 11.0 Å². The number of carboxylic acid groups (broad SMARTS) is 1. The largest absolute Gasteiger partial charge is 0.480 e. The molecule has 1 aliphatic rings. The second-order valence-electron chi connectivity index (χ2n) is 3.13. The Labute approximate surface area is 81.1 Å². The summed E-state index contributed by atoms with van der Waals surface area (Å²) in [5.41, 5.74) is 0.